The van der Waals surface area contributed by atoms with Crippen LogP contribution in [0.3, 0.4) is 0 Å². The van der Waals surface area contributed by atoms with Gasteiger partial charge in [0.1, 0.15) is 0 Å². The Bertz CT molecular complexity index is 317. The Morgan fingerprint density at radius 2 is 2.33 bits per heavy atom. The van der Waals surface area contributed by atoms with Crippen LogP contribution in [0.1, 0.15) is 32.4 Å². The normalized spacial score (nSPS) is 16.0. The molecule has 1 aromatic heterocycles. The van der Waals surface area contributed by atoms with E-state index in [2.05, 4.69) is 41.5 Å². The van der Waals surface area contributed by atoms with Gasteiger partial charge in [0.25, 0.3) is 0 Å². The highest BCUT2D eigenvalue weighted by Gasteiger charge is 2.20. The average Bonchev–Trinajstić information content (AvgIpc) is 2.92. The molecule has 0 atom stereocenters. The quantitative estimate of drug-likeness (QED) is 0.833. The SMILES string of the molecule is CC(C)N(C)c1nc(CNC2CC2)cs1. The van der Waals surface area contributed by atoms with Gasteiger partial charge in [-0.25, -0.2) is 4.98 Å². The molecule has 0 unspecified atom stereocenters. The molecule has 0 aliphatic heterocycles. The van der Waals surface area contributed by atoms with Crippen molar-refractivity contribution in [3.63, 3.8) is 0 Å². The summed E-state index contributed by atoms with van der Waals surface area (Å²) in [4.78, 5) is 6.83. The van der Waals surface area contributed by atoms with Gasteiger partial charge in [0, 0.05) is 31.1 Å². The molecule has 1 heterocycles. The van der Waals surface area contributed by atoms with E-state index in [9.17, 15) is 0 Å². The topological polar surface area (TPSA) is 28.2 Å². The van der Waals surface area contributed by atoms with Crippen molar-refractivity contribution in [1.82, 2.24) is 10.3 Å². The molecular weight excluding hydrogens is 206 g/mol. The van der Waals surface area contributed by atoms with E-state index in [0.29, 0.717) is 6.04 Å². The van der Waals surface area contributed by atoms with E-state index in [0.717, 1.165) is 17.7 Å². The van der Waals surface area contributed by atoms with E-state index in [-0.39, 0.29) is 0 Å². The minimum atomic E-state index is 0.514. The van der Waals surface area contributed by atoms with E-state index in [4.69, 9.17) is 0 Å². The highest BCUT2D eigenvalue weighted by atomic mass is 32.1. The van der Waals surface area contributed by atoms with Crippen LogP contribution in [0.4, 0.5) is 5.13 Å². The summed E-state index contributed by atoms with van der Waals surface area (Å²) in [6, 6.07) is 1.28. The van der Waals surface area contributed by atoms with Crippen molar-refractivity contribution in [2.24, 2.45) is 0 Å². The summed E-state index contributed by atoms with van der Waals surface area (Å²) >= 11 is 1.73. The molecule has 0 bridgehead atoms. The first kappa shape index (κ1) is 10.9. The Balaban J connectivity index is 1.90. The first-order valence-electron chi connectivity index (χ1n) is 5.57. The van der Waals surface area contributed by atoms with E-state index >= 15 is 0 Å². The van der Waals surface area contributed by atoms with Crippen molar-refractivity contribution >= 4 is 16.5 Å². The summed E-state index contributed by atoms with van der Waals surface area (Å²) in [6.45, 7) is 5.29. The average molecular weight is 225 g/mol. The van der Waals surface area contributed by atoms with Crippen molar-refractivity contribution < 1.29 is 0 Å². The first-order chi connectivity index (χ1) is 7.16. The van der Waals surface area contributed by atoms with Gasteiger partial charge in [-0.1, -0.05) is 0 Å². The van der Waals surface area contributed by atoms with Crippen LogP contribution in [0.15, 0.2) is 5.38 Å². The smallest absolute Gasteiger partial charge is 0.185 e. The van der Waals surface area contributed by atoms with Crippen LogP contribution in [0.5, 0.6) is 0 Å². The molecule has 1 aliphatic carbocycles. The second-order valence-corrected chi connectivity index (χ2v) is 5.32. The number of anilines is 1. The van der Waals surface area contributed by atoms with Gasteiger partial charge in [0.05, 0.1) is 5.69 Å². The Morgan fingerprint density at radius 1 is 1.60 bits per heavy atom. The van der Waals surface area contributed by atoms with Gasteiger partial charge in [-0.2, -0.15) is 0 Å². The van der Waals surface area contributed by atoms with Gasteiger partial charge in [-0.15, -0.1) is 11.3 Å². The molecule has 0 amide bonds. The molecule has 1 fully saturated rings. The lowest BCUT2D eigenvalue weighted by Crippen LogP contribution is -2.25. The Hall–Kier alpha value is -0.610. The molecule has 84 valence electrons. The number of nitrogens with one attached hydrogen (secondary N) is 1. The van der Waals surface area contributed by atoms with Gasteiger partial charge in [0.15, 0.2) is 5.13 Å². The van der Waals surface area contributed by atoms with E-state index in [1.165, 1.54) is 18.5 Å². The molecular formula is C11H19N3S. The maximum atomic E-state index is 4.61. The third-order valence-corrected chi connectivity index (χ3v) is 3.75. The molecule has 0 saturated heterocycles. The second-order valence-electron chi connectivity index (χ2n) is 4.48. The fourth-order valence-electron chi connectivity index (χ4n) is 1.30. The van der Waals surface area contributed by atoms with Crippen molar-refractivity contribution in [3.05, 3.63) is 11.1 Å². The van der Waals surface area contributed by atoms with Gasteiger partial charge in [-0.3, -0.25) is 0 Å². The highest BCUT2D eigenvalue weighted by Crippen LogP contribution is 2.23. The lowest BCUT2D eigenvalue weighted by atomic mass is 10.4. The van der Waals surface area contributed by atoms with Crippen molar-refractivity contribution in [2.45, 2.75) is 45.3 Å². The van der Waals surface area contributed by atoms with Gasteiger partial charge >= 0.3 is 0 Å². The summed E-state index contributed by atoms with van der Waals surface area (Å²) in [6.07, 6.45) is 2.67. The first-order valence-corrected chi connectivity index (χ1v) is 6.45. The molecule has 0 radical (unpaired) electrons. The van der Waals surface area contributed by atoms with Gasteiger partial charge in [-0.05, 0) is 26.7 Å². The van der Waals surface area contributed by atoms with Crippen LogP contribution in [0.25, 0.3) is 0 Å². The highest BCUT2D eigenvalue weighted by molar-refractivity contribution is 7.13. The summed E-state index contributed by atoms with van der Waals surface area (Å²) in [5, 5.41) is 6.76. The number of thiazole rings is 1. The number of hydrogen-bond acceptors (Lipinski definition) is 4. The fraction of sp³-hybridized carbons (Fsp3) is 0.727. The number of aromatic nitrogens is 1. The molecule has 1 aromatic rings. The van der Waals surface area contributed by atoms with Crippen LogP contribution in [-0.2, 0) is 6.54 Å². The molecule has 1 saturated carbocycles. The molecule has 0 spiro atoms. The molecule has 4 heteroatoms. The summed E-state index contributed by atoms with van der Waals surface area (Å²) in [5.41, 5.74) is 1.18. The summed E-state index contributed by atoms with van der Waals surface area (Å²) in [5.74, 6) is 0. The molecule has 1 aliphatic rings. The second kappa shape index (κ2) is 4.49. The maximum absolute atomic E-state index is 4.61. The maximum Gasteiger partial charge on any atom is 0.185 e. The Kier molecular flexibility index (Phi) is 3.26. The predicted molar refractivity (Wildman–Crippen MR) is 65.5 cm³/mol. The Morgan fingerprint density at radius 3 is 2.93 bits per heavy atom. The van der Waals surface area contributed by atoms with E-state index < -0.39 is 0 Å². The third kappa shape index (κ3) is 2.92. The summed E-state index contributed by atoms with van der Waals surface area (Å²) in [7, 11) is 2.10. The standard InChI is InChI=1S/C11H19N3S/c1-8(2)14(3)11-13-10(7-15-11)6-12-9-4-5-9/h7-9,12H,4-6H2,1-3H3. The van der Waals surface area contributed by atoms with Gasteiger partial charge in [0.2, 0.25) is 0 Å². The zero-order valence-corrected chi connectivity index (χ0v) is 10.5. The zero-order chi connectivity index (χ0) is 10.8. The minimum absolute atomic E-state index is 0.514. The molecule has 2 rings (SSSR count). The third-order valence-electron chi connectivity index (χ3n) is 2.77. The molecule has 1 N–H and O–H groups in total. The van der Waals surface area contributed by atoms with Crippen LogP contribution < -0.4 is 10.2 Å². The van der Waals surface area contributed by atoms with Crippen molar-refractivity contribution in [2.75, 3.05) is 11.9 Å². The number of nitrogens with zero attached hydrogens (tertiary/aromatic N) is 2. The monoisotopic (exact) mass is 225 g/mol. The minimum Gasteiger partial charge on any atom is -0.349 e. The van der Waals surface area contributed by atoms with Crippen LogP contribution in [0.2, 0.25) is 0 Å². The number of rotatable bonds is 5. The zero-order valence-electron chi connectivity index (χ0n) is 9.66. The van der Waals surface area contributed by atoms with Gasteiger partial charge < -0.3 is 10.2 Å². The molecule has 0 aromatic carbocycles. The van der Waals surface area contributed by atoms with E-state index in [1.54, 1.807) is 11.3 Å². The van der Waals surface area contributed by atoms with E-state index in [1.807, 2.05) is 0 Å². The number of hydrogen-bond donors (Lipinski definition) is 1. The molecule has 3 nitrogen and oxygen atoms in total. The molecule has 15 heavy (non-hydrogen) atoms. The van der Waals surface area contributed by atoms with Crippen molar-refractivity contribution in [3.8, 4) is 0 Å². The van der Waals surface area contributed by atoms with Crippen molar-refractivity contribution in [1.29, 1.82) is 0 Å². The lowest BCUT2D eigenvalue weighted by Gasteiger charge is -2.19. The Labute approximate surface area is 95.5 Å². The predicted octanol–water partition coefficient (Wildman–Crippen LogP) is 2.24. The van der Waals surface area contributed by atoms with Crippen LogP contribution in [-0.4, -0.2) is 24.1 Å². The van der Waals surface area contributed by atoms with Crippen LogP contribution in [0, 0.1) is 0 Å². The lowest BCUT2D eigenvalue weighted by molar-refractivity contribution is 0.674. The fourth-order valence-corrected chi connectivity index (χ4v) is 2.22. The van der Waals surface area contributed by atoms with Crippen LogP contribution >= 0.6 is 11.3 Å². The summed E-state index contributed by atoms with van der Waals surface area (Å²) < 4.78 is 0. The largest absolute Gasteiger partial charge is 0.349 e.